The minimum Gasteiger partial charge on any atom is -0.373 e. The van der Waals surface area contributed by atoms with Crippen molar-refractivity contribution in [1.29, 1.82) is 0 Å². The van der Waals surface area contributed by atoms with Gasteiger partial charge in [-0.05, 0) is 61.1 Å². The van der Waals surface area contributed by atoms with Gasteiger partial charge in [-0.2, -0.15) is 0 Å². The van der Waals surface area contributed by atoms with E-state index >= 15 is 0 Å². The van der Waals surface area contributed by atoms with E-state index in [2.05, 4.69) is 6.58 Å². The van der Waals surface area contributed by atoms with Crippen molar-refractivity contribution < 1.29 is 22.3 Å². The fraction of sp³-hybridized carbons (Fsp3) is 0.300. The smallest absolute Gasteiger partial charge is 0.126 e. The molecular weight excluding hydrogens is 332 g/mol. The lowest BCUT2D eigenvalue weighted by Crippen LogP contribution is -1.93. The van der Waals surface area contributed by atoms with E-state index in [0.717, 1.165) is 31.6 Å². The van der Waals surface area contributed by atoms with Gasteiger partial charge in [0.05, 0.1) is 12.7 Å². The number of hydrogen-bond acceptors (Lipinski definition) is 1. The molecule has 0 bridgehead atoms. The van der Waals surface area contributed by atoms with Gasteiger partial charge in [-0.15, -0.1) is 6.58 Å². The second-order valence-corrected chi connectivity index (χ2v) is 5.88. The molecule has 0 spiro atoms. The Morgan fingerprint density at radius 1 is 0.840 bits per heavy atom. The second-order valence-electron chi connectivity index (χ2n) is 5.88. The lowest BCUT2D eigenvalue weighted by atomic mass is 10.1. The maximum Gasteiger partial charge on any atom is 0.126 e. The SMILES string of the molecule is C=CCCc1cc(F)cc(F)c1.Fc1cc(F)cc(CCC2CO2)c1. The molecule has 1 fully saturated rings. The van der Waals surface area contributed by atoms with Gasteiger partial charge >= 0.3 is 0 Å². The lowest BCUT2D eigenvalue weighted by molar-refractivity contribution is 0.396. The van der Waals surface area contributed by atoms with Crippen molar-refractivity contribution >= 4 is 0 Å². The van der Waals surface area contributed by atoms with Gasteiger partial charge in [0.15, 0.2) is 0 Å². The minimum atomic E-state index is -0.519. The fourth-order valence-electron chi connectivity index (χ4n) is 2.34. The van der Waals surface area contributed by atoms with E-state index in [-0.39, 0.29) is 0 Å². The number of allylic oxidation sites excluding steroid dienone is 1. The normalized spacial score (nSPS) is 15.3. The molecule has 0 radical (unpaired) electrons. The highest BCUT2D eigenvalue weighted by atomic mass is 19.1. The third-order valence-corrected chi connectivity index (χ3v) is 3.64. The monoisotopic (exact) mass is 352 g/mol. The Labute approximate surface area is 144 Å². The van der Waals surface area contributed by atoms with E-state index in [1.807, 2.05) is 0 Å². The van der Waals surface area contributed by atoms with Crippen LogP contribution in [0.4, 0.5) is 17.6 Å². The molecule has 1 aliphatic rings. The lowest BCUT2D eigenvalue weighted by Gasteiger charge is -1.99. The van der Waals surface area contributed by atoms with E-state index < -0.39 is 23.3 Å². The molecule has 5 heteroatoms. The summed E-state index contributed by atoms with van der Waals surface area (Å²) >= 11 is 0. The highest BCUT2D eigenvalue weighted by molar-refractivity contribution is 5.19. The van der Waals surface area contributed by atoms with Gasteiger partial charge < -0.3 is 4.74 Å². The average Bonchev–Trinajstić information content (AvgIpc) is 3.34. The van der Waals surface area contributed by atoms with Crippen LogP contribution in [0.25, 0.3) is 0 Å². The maximum absolute atomic E-state index is 12.7. The molecule has 1 heterocycles. The number of epoxide rings is 1. The molecule has 134 valence electrons. The summed E-state index contributed by atoms with van der Waals surface area (Å²) in [6, 6.07) is 7.17. The first-order valence-corrected chi connectivity index (χ1v) is 8.08. The summed E-state index contributed by atoms with van der Waals surface area (Å²) in [5.41, 5.74) is 1.38. The van der Waals surface area contributed by atoms with Gasteiger partial charge in [-0.1, -0.05) is 6.08 Å². The molecule has 0 aliphatic carbocycles. The molecule has 0 aromatic heterocycles. The van der Waals surface area contributed by atoms with Gasteiger partial charge in [-0.25, -0.2) is 17.6 Å². The Bertz CT molecular complexity index is 670. The van der Waals surface area contributed by atoms with Crippen LogP contribution in [0.3, 0.4) is 0 Å². The van der Waals surface area contributed by atoms with Crippen LogP contribution in [-0.2, 0) is 17.6 Å². The van der Waals surface area contributed by atoms with Crippen LogP contribution < -0.4 is 0 Å². The third-order valence-electron chi connectivity index (χ3n) is 3.64. The summed E-state index contributed by atoms with van der Waals surface area (Å²) in [5.74, 6) is -2.05. The first-order chi connectivity index (χ1) is 12.0. The predicted octanol–water partition coefficient (Wildman–Crippen LogP) is 5.38. The van der Waals surface area contributed by atoms with Crippen molar-refractivity contribution in [3.8, 4) is 0 Å². The molecule has 1 aliphatic heterocycles. The average molecular weight is 352 g/mol. The molecular formula is C20H20F4O. The molecule has 2 aromatic carbocycles. The van der Waals surface area contributed by atoms with Crippen molar-refractivity contribution in [3.63, 3.8) is 0 Å². The van der Waals surface area contributed by atoms with E-state index in [1.165, 1.54) is 24.3 Å². The van der Waals surface area contributed by atoms with E-state index in [4.69, 9.17) is 4.74 Å². The zero-order valence-corrected chi connectivity index (χ0v) is 13.8. The van der Waals surface area contributed by atoms with E-state index in [0.29, 0.717) is 30.1 Å². The van der Waals surface area contributed by atoms with Gasteiger partial charge in [0.2, 0.25) is 0 Å². The number of ether oxygens (including phenoxy) is 1. The van der Waals surface area contributed by atoms with Crippen molar-refractivity contribution in [2.24, 2.45) is 0 Å². The van der Waals surface area contributed by atoms with E-state index in [9.17, 15) is 17.6 Å². The highest BCUT2D eigenvalue weighted by Crippen LogP contribution is 2.18. The van der Waals surface area contributed by atoms with Crippen LogP contribution in [0, 0.1) is 23.3 Å². The Hall–Kier alpha value is -2.14. The molecule has 0 amide bonds. The molecule has 1 atom stereocenters. The van der Waals surface area contributed by atoms with Gasteiger partial charge in [0.1, 0.15) is 23.3 Å². The first kappa shape index (κ1) is 19.2. The summed E-state index contributed by atoms with van der Waals surface area (Å²) < 4.78 is 55.6. The zero-order valence-electron chi connectivity index (χ0n) is 13.8. The van der Waals surface area contributed by atoms with Crippen LogP contribution in [0.2, 0.25) is 0 Å². The standard InChI is InChI=1S/C10H10F2O.C10H10F2/c11-8-3-7(4-9(12)5-8)1-2-10-6-13-10;1-2-3-4-8-5-9(11)7-10(12)6-8/h3-5,10H,1-2,6H2;2,5-7H,1,3-4H2. The van der Waals surface area contributed by atoms with Crippen LogP contribution in [0.15, 0.2) is 49.1 Å². The summed E-state index contributed by atoms with van der Waals surface area (Å²) in [6.07, 6.45) is 4.94. The Kier molecular flexibility index (Phi) is 7.19. The van der Waals surface area contributed by atoms with Crippen LogP contribution in [0.5, 0.6) is 0 Å². The summed E-state index contributed by atoms with van der Waals surface area (Å²) in [7, 11) is 0. The molecule has 1 nitrogen and oxygen atoms in total. The molecule has 1 unspecified atom stereocenters. The number of rotatable bonds is 6. The van der Waals surface area contributed by atoms with Crippen LogP contribution in [0.1, 0.15) is 24.0 Å². The largest absolute Gasteiger partial charge is 0.373 e. The molecule has 1 saturated heterocycles. The highest BCUT2D eigenvalue weighted by Gasteiger charge is 2.21. The van der Waals surface area contributed by atoms with Crippen molar-refractivity contribution in [1.82, 2.24) is 0 Å². The van der Waals surface area contributed by atoms with Gasteiger partial charge in [0.25, 0.3) is 0 Å². The van der Waals surface area contributed by atoms with Crippen molar-refractivity contribution in [2.45, 2.75) is 31.8 Å². The maximum atomic E-state index is 12.7. The Morgan fingerprint density at radius 2 is 1.28 bits per heavy atom. The third kappa shape index (κ3) is 7.52. The number of halogens is 4. The van der Waals surface area contributed by atoms with E-state index in [1.54, 1.807) is 6.08 Å². The summed E-state index contributed by atoms with van der Waals surface area (Å²) in [6.45, 7) is 4.32. The molecule has 3 rings (SSSR count). The van der Waals surface area contributed by atoms with Gasteiger partial charge in [-0.3, -0.25) is 0 Å². The quantitative estimate of drug-likeness (QED) is 0.386. The molecule has 0 N–H and O–H groups in total. The zero-order chi connectivity index (χ0) is 18.2. The Balaban J connectivity index is 0.000000181. The van der Waals surface area contributed by atoms with Gasteiger partial charge in [0, 0.05) is 12.1 Å². The predicted molar refractivity (Wildman–Crippen MR) is 89.3 cm³/mol. The molecule has 2 aromatic rings. The Morgan fingerprint density at radius 3 is 1.68 bits per heavy atom. The molecule has 0 saturated carbocycles. The van der Waals surface area contributed by atoms with Crippen LogP contribution >= 0.6 is 0 Å². The van der Waals surface area contributed by atoms with Crippen LogP contribution in [-0.4, -0.2) is 12.7 Å². The second kappa shape index (κ2) is 9.37. The number of aryl methyl sites for hydroxylation is 2. The minimum absolute atomic E-state index is 0.311. The molecule has 25 heavy (non-hydrogen) atoms. The first-order valence-electron chi connectivity index (χ1n) is 8.08. The number of hydrogen-bond donors (Lipinski definition) is 0. The van der Waals surface area contributed by atoms with Crippen molar-refractivity contribution in [2.75, 3.05) is 6.61 Å². The summed E-state index contributed by atoms with van der Waals surface area (Å²) in [5, 5.41) is 0. The number of benzene rings is 2. The fourth-order valence-corrected chi connectivity index (χ4v) is 2.34. The van der Waals surface area contributed by atoms with Crippen molar-refractivity contribution in [3.05, 3.63) is 83.4 Å². The summed E-state index contributed by atoms with van der Waals surface area (Å²) in [4.78, 5) is 0. The topological polar surface area (TPSA) is 12.5 Å².